The average Bonchev–Trinajstić information content (AvgIpc) is 3.29. The van der Waals surface area contributed by atoms with E-state index in [1.54, 1.807) is 13.8 Å². The van der Waals surface area contributed by atoms with Crippen molar-refractivity contribution in [3.63, 3.8) is 0 Å². The van der Waals surface area contributed by atoms with E-state index in [-0.39, 0.29) is 11.6 Å². The quantitative estimate of drug-likeness (QED) is 0.151. The van der Waals surface area contributed by atoms with E-state index >= 15 is 0 Å². The third-order valence-corrected chi connectivity index (χ3v) is 7.67. The molecule has 1 aliphatic rings. The van der Waals surface area contributed by atoms with Crippen LogP contribution in [0, 0.1) is 0 Å². The van der Waals surface area contributed by atoms with E-state index in [4.69, 9.17) is 9.47 Å². The van der Waals surface area contributed by atoms with Crippen molar-refractivity contribution in [2.75, 3.05) is 13.2 Å². The van der Waals surface area contributed by atoms with Crippen LogP contribution in [0.5, 0.6) is 11.5 Å². The van der Waals surface area contributed by atoms with Crippen molar-refractivity contribution in [1.82, 2.24) is 0 Å². The molecule has 4 nitrogen and oxygen atoms in total. The molecule has 4 heteroatoms. The van der Waals surface area contributed by atoms with Crippen LogP contribution in [-0.4, -0.2) is 24.8 Å². The average molecular weight is 543 g/mol. The summed E-state index contributed by atoms with van der Waals surface area (Å²) >= 11 is 0. The molecule has 0 fully saturated rings. The van der Waals surface area contributed by atoms with E-state index in [1.165, 1.54) is 22.3 Å². The molecule has 41 heavy (non-hydrogen) atoms. The zero-order valence-electron chi connectivity index (χ0n) is 23.6. The van der Waals surface area contributed by atoms with Gasteiger partial charge < -0.3 is 9.47 Å². The van der Waals surface area contributed by atoms with Gasteiger partial charge in [0.05, 0.1) is 18.6 Å². The largest absolute Gasteiger partial charge is 0.493 e. The molecule has 0 spiro atoms. The molecule has 4 aromatic rings. The minimum Gasteiger partial charge on any atom is -0.493 e. The Balaban J connectivity index is 1.52. The second-order valence-electron chi connectivity index (χ2n) is 10.5. The van der Waals surface area contributed by atoms with Gasteiger partial charge >= 0.3 is 0 Å². The fourth-order valence-corrected chi connectivity index (χ4v) is 5.58. The van der Waals surface area contributed by atoms with Crippen LogP contribution in [-0.2, 0) is 15.0 Å². The number of ketones is 2. The van der Waals surface area contributed by atoms with Crippen LogP contribution < -0.4 is 9.47 Å². The predicted octanol–water partition coefficient (Wildman–Crippen LogP) is 7.88. The van der Waals surface area contributed by atoms with Crippen LogP contribution >= 0.6 is 0 Å². The van der Waals surface area contributed by atoms with Crippen LogP contribution in [0.3, 0.4) is 0 Å². The van der Waals surface area contributed by atoms with Crippen LogP contribution in [0.2, 0.25) is 0 Å². The maximum absolute atomic E-state index is 11.9. The highest BCUT2D eigenvalue weighted by Gasteiger charge is 2.45. The van der Waals surface area contributed by atoms with Gasteiger partial charge in [-0.15, -0.1) is 0 Å². The van der Waals surface area contributed by atoms with Crippen LogP contribution in [0.25, 0.3) is 11.1 Å². The summed E-state index contributed by atoms with van der Waals surface area (Å²) in [7, 11) is 0. The van der Waals surface area contributed by atoms with Crippen molar-refractivity contribution < 1.29 is 19.1 Å². The molecule has 0 radical (unpaired) electrons. The molecule has 0 N–H and O–H groups in total. The van der Waals surface area contributed by atoms with Gasteiger partial charge in [0.15, 0.2) is 11.6 Å². The summed E-state index contributed by atoms with van der Waals surface area (Å²) in [5.41, 5.74) is 7.60. The topological polar surface area (TPSA) is 52.6 Å². The van der Waals surface area contributed by atoms with Crippen LogP contribution in [0.1, 0.15) is 48.9 Å². The number of fused-ring (bicyclic) bond motifs is 3. The number of allylic oxidation sites excluding steroid dienone is 2. The Kier molecular flexibility index (Phi) is 8.02. The van der Waals surface area contributed by atoms with Gasteiger partial charge in [-0.1, -0.05) is 86.0 Å². The normalized spacial score (nSPS) is 12.6. The lowest BCUT2D eigenvalue weighted by Gasteiger charge is -2.34. The first-order valence-electron chi connectivity index (χ1n) is 13.9. The summed E-state index contributed by atoms with van der Waals surface area (Å²) in [4.78, 5) is 23.9. The molecule has 0 unspecified atom stereocenters. The molecule has 0 atom stereocenters. The second kappa shape index (κ2) is 11.8. The van der Waals surface area contributed by atoms with Gasteiger partial charge in [-0.3, -0.25) is 9.59 Å². The summed E-state index contributed by atoms with van der Waals surface area (Å²) in [6.45, 7) is 11.5. The van der Waals surface area contributed by atoms with Gasteiger partial charge in [0.1, 0.15) is 11.5 Å². The Morgan fingerprint density at radius 2 is 0.951 bits per heavy atom. The first-order valence-corrected chi connectivity index (χ1v) is 13.9. The number of carbonyl (C=O) groups is 2. The summed E-state index contributed by atoms with van der Waals surface area (Å²) < 4.78 is 11.8. The molecule has 0 aromatic heterocycles. The number of ether oxygens (including phenoxy) is 2. The van der Waals surface area contributed by atoms with Gasteiger partial charge in [-0.2, -0.15) is 0 Å². The molecule has 0 saturated heterocycles. The highest BCUT2D eigenvalue weighted by atomic mass is 16.5. The predicted molar refractivity (Wildman–Crippen MR) is 164 cm³/mol. The first kappa shape index (κ1) is 27.9. The lowest BCUT2D eigenvalue weighted by Crippen LogP contribution is -2.28. The van der Waals surface area contributed by atoms with Gasteiger partial charge in [-0.25, -0.2) is 0 Å². The minimum absolute atomic E-state index is 0.00888. The number of benzene rings is 4. The lowest BCUT2D eigenvalue weighted by atomic mass is 9.68. The molecule has 5 rings (SSSR count). The SMILES string of the molecule is C=C(C)C(=O)CCOc1ccc(C2(c3ccc(OCCC(=O)C(=C)C)cc3)c3ccccc3-c3ccccc32)cc1. The third-order valence-electron chi connectivity index (χ3n) is 7.67. The zero-order valence-corrected chi connectivity index (χ0v) is 23.6. The van der Waals surface area contributed by atoms with Crippen molar-refractivity contribution >= 4 is 11.6 Å². The number of hydrogen-bond acceptors (Lipinski definition) is 4. The molecule has 1 aliphatic carbocycles. The van der Waals surface area contributed by atoms with Gasteiger partial charge in [0.25, 0.3) is 0 Å². The molecular weight excluding hydrogens is 508 g/mol. The first-order chi connectivity index (χ1) is 19.8. The molecule has 0 saturated carbocycles. The third kappa shape index (κ3) is 5.38. The Morgan fingerprint density at radius 3 is 1.32 bits per heavy atom. The van der Waals surface area contributed by atoms with Crippen molar-refractivity contribution in [1.29, 1.82) is 0 Å². The van der Waals surface area contributed by atoms with Crippen LogP contribution in [0.4, 0.5) is 0 Å². The summed E-state index contributed by atoms with van der Waals surface area (Å²) in [6.07, 6.45) is 0.606. The summed E-state index contributed by atoms with van der Waals surface area (Å²) in [5, 5.41) is 0. The smallest absolute Gasteiger partial charge is 0.161 e. The van der Waals surface area contributed by atoms with Gasteiger partial charge in [0, 0.05) is 12.8 Å². The minimum atomic E-state index is -0.546. The Bertz CT molecular complexity index is 1490. The number of rotatable bonds is 12. The van der Waals surface area contributed by atoms with E-state index in [2.05, 4.69) is 86.0 Å². The number of carbonyl (C=O) groups excluding carboxylic acids is 2. The van der Waals surface area contributed by atoms with E-state index < -0.39 is 5.41 Å². The lowest BCUT2D eigenvalue weighted by molar-refractivity contribution is -0.116. The molecule has 0 amide bonds. The fourth-order valence-electron chi connectivity index (χ4n) is 5.58. The fraction of sp³-hybridized carbons (Fsp3) is 0.189. The number of Topliss-reactive ketones (excluding diaryl/α,β-unsaturated/α-hetero) is 2. The Morgan fingerprint density at radius 1 is 0.585 bits per heavy atom. The van der Waals surface area contributed by atoms with Gasteiger partial charge in [0.2, 0.25) is 0 Å². The summed E-state index contributed by atoms with van der Waals surface area (Å²) in [6, 6.07) is 33.5. The van der Waals surface area contributed by atoms with E-state index in [0.717, 1.165) is 11.1 Å². The molecular formula is C37H34O4. The molecule has 4 aromatic carbocycles. The van der Waals surface area contributed by atoms with E-state index in [0.29, 0.717) is 48.7 Å². The highest BCUT2D eigenvalue weighted by Crippen LogP contribution is 2.56. The van der Waals surface area contributed by atoms with Crippen LogP contribution in [0.15, 0.2) is 121 Å². The zero-order chi connectivity index (χ0) is 29.0. The van der Waals surface area contributed by atoms with Crippen molar-refractivity contribution in [2.24, 2.45) is 0 Å². The maximum Gasteiger partial charge on any atom is 0.161 e. The molecule has 0 heterocycles. The van der Waals surface area contributed by atoms with Crippen molar-refractivity contribution in [3.05, 3.63) is 144 Å². The van der Waals surface area contributed by atoms with Crippen molar-refractivity contribution in [3.8, 4) is 22.6 Å². The number of hydrogen-bond donors (Lipinski definition) is 0. The monoisotopic (exact) mass is 542 g/mol. The molecule has 0 aliphatic heterocycles. The standard InChI is InChI=1S/C37H34O4/c1-25(2)35(38)21-23-40-29-17-13-27(14-18-29)37(28-15-19-30(20-16-28)41-24-22-36(39)26(3)4)33-11-7-5-9-31(33)32-10-6-8-12-34(32)37/h5-20H,1,3,21-24H2,2,4H3. The summed E-state index contributed by atoms with van der Waals surface area (Å²) in [5.74, 6) is 1.45. The molecule has 0 bridgehead atoms. The Hall–Kier alpha value is -4.70. The van der Waals surface area contributed by atoms with E-state index in [1.807, 2.05) is 24.3 Å². The van der Waals surface area contributed by atoms with E-state index in [9.17, 15) is 9.59 Å². The molecule has 206 valence electrons. The van der Waals surface area contributed by atoms with Crippen molar-refractivity contribution in [2.45, 2.75) is 32.1 Å². The highest BCUT2D eigenvalue weighted by molar-refractivity contribution is 5.94. The Labute approximate surface area is 242 Å². The van der Waals surface area contributed by atoms with Gasteiger partial charge in [-0.05, 0) is 82.6 Å². The maximum atomic E-state index is 11.9. The second-order valence-corrected chi connectivity index (χ2v) is 10.5.